The highest BCUT2D eigenvalue weighted by molar-refractivity contribution is 7.10. The average molecular weight is 237 g/mol. The van der Waals surface area contributed by atoms with Crippen LogP contribution >= 0.6 is 22.9 Å². The Hall–Kier alpha value is -1.12. The van der Waals surface area contributed by atoms with Gasteiger partial charge in [0.25, 0.3) is 0 Å². The van der Waals surface area contributed by atoms with E-state index in [9.17, 15) is 4.79 Å². The van der Waals surface area contributed by atoms with E-state index in [1.807, 2.05) is 17.5 Å². The van der Waals surface area contributed by atoms with Crippen molar-refractivity contribution in [3.63, 3.8) is 0 Å². The number of benzene rings is 1. The minimum absolute atomic E-state index is 0.133. The van der Waals surface area contributed by atoms with Gasteiger partial charge in [0.2, 0.25) is 0 Å². The Bertz CT molecular complexity index is 445. The Morgan fingerprint density at radius 2 is 1.93 bits per heavy atom. The molecule has 3 heteroatoms. The normalized spacial score (nSPS) is 10.2. The van der Waals surface area contributed by atoms with Gasteiger partial charge in [-0.3, -0.25) is 4.79 Å². The van der Waals surface area contributed by atoms with Crippen molar-refractivity contribution in [3.05, 3.63) is 57.2 Å². The second kappa shape index (κ2) is 4.60. The zero-order chi connectivity index (χ0) is 10.7. The lowest BCUT2D eigenvalue weighted by Crippen LogP contribution is -2.01. The maximum atomic E-state index is 11.8. The van der Waals surface area contributed by atoms with Gasteiger partial charge in [0, 0.05) is 21.9 Å². The standard InChI is InChI=1S/C12H9ClOS/c13-10-5-3-9(4-6-10)12(14)8-11-2-1-7-15-11/h1-7H,8H2. The second-order valence-electron chi connectivity index (χ2n) is 3.19. The van der Waals surface area contributed by atoms with Gasteiger partial charge in [-0.15, -0.1) is 11.3 Å². The van der Waals surface area contributed by atoms with Crippen molar-refractivity contribution < 1.29 is 4.79 Å². The van der Waals surface area contributed by atoms with Crippen LogP contribution < -0.4 is 0 Å². The quantitative estimate of drug-likeness (QED) is 0.741. The van der Waals surface area contributed by atoms with Gasteiger partial charge in [0.15, 0.2) is 5.78 Å². The van der Waals surface area contributed by atoms with E-state index in [1.165, 1.54) is 0 Å². The summed E-state index contributed by atoms with van der Waals surface area (Å²) in [5.74, 6) is 0.133. The lowest BCUT2D eigenvalue weighted by Gasteiger charge is -1.98. The van der Waals surface area contributed by atoms with Crippen molar-refractivity contribution in [1.82, 2.24) is 0 Å². The first-order valence-electron chi connectivity index (χ1n) is 4.57. The first kappa shape index (κ1) is 10.4. The predicted molar refractivity (Wildman–Crippen MR) is 63.8 cm³/mol. The summed E-state index contributed by atoms with van der Waals surface area (Å²) in [6, 6.07) is 10.9. The van der Waals surface area contributed by atoms with Gasteiger partial charge in [0.05, 0.1) is 0 Å². The molecule has 0 unspecified atom stereocenters. The van der Waals surface area contributed by atoms with Crippen LogP contribution in [0.2, 0.25) is 5.02 Å². The average Bonchev–Trinajstić information content (AvgIpc) is 2.71. The van der Waals surface area contributed by atoms with Crippen molar-refractivity contribution in [2.75, 3.05) is 0 Å². The molecule has 0 bridgehead atoms. The first-order valence-corrected chi connectivity index (χ1v) is 5.82. The highest BCUT2D eigenvalue weighted by atomic mass is 35.5. The Morgan fingerprint density at radius 1 is 1.20 bits per heavy atom. The molecule has 0 radical (unpaired) electrons. The van der Waals surface area contributed by atoms with Crippen molar-refractivity contribution >= 4 is 28.7 Å². The van der Waals surface area contributed by atoms with Crippen LogP contribution in [0, 0.1) is 0 Å². The third-order valence-electron chi connectivity index (χ3n) is 2.08. The van der Waals surface area contributed by atoms with E-state index in [-0.39, 0.29) is 5.78 Å². The summed E-state index contributed by atoms with van der Waals surface area (Å²) in [5.41, 5.74) is 0.716. The third kappa shape index (κ3) is 2.67. The molecule has 1 nitrogen and oxygen atoms in total. The molecule has 0 aliphatic carbocycles. The molecule has 0 aliphatic heterocycles. The van der Waals surface area contributed by atoms with E-state index in [4.69, 9.17) is 11.6 Å². The summed E-state index contributed by atoms with van der Waals surface area (Å²) in [6.45, 7) is 0. The molecule has 0 spiro atoms. The summed E-state index contributed by atoms with van der Waals surface area (Å²) in [6.07, 6.45) is 0.472. The van der Waals surface area contributed by atoms with Gasteiger partial charge in [-0.25, -0.2) is 0 Å². The molecule has 0 saturated heterocycles. The number of rotatable bonds is 3. The Morgan fingerprint density at radius 3 is 2.53 bits per heavy atom. The van der Waals surface area contributed by atoms with Crippen LogP contribution in [-0.2, 0) is 6.42 Å². The first-order chi connectivity index (χ1) is 7.25. The molecule has 1 aromatic carbocycles. The van der Waals surface area contributed by atoms with Gasteiger partial charge in [-0.2, -0.15) is 0 Å². The Kier molecular flexibility index (Phi) is 3.19. The third-order valence-corrected chi connectivity index (χ3v) is 3.21. The lowest BCUT2D eigenvalue weighted by atomic mass is 10.1. The zero-order valence-electron chi connectivity index (χ0n) is 7.94. The summed E-state index contributed by atoms with van der Waals surface area (Å²) >= 11 is 7.35. The van der Waals surface area contributed by atoms with Crippen LogP contribution in [0.1, 0.15) is 15.2 Å². The number of carbonyl (C=O) groups excluding carboxylic acids is 1. The molecule has 0 fully saturated rings. The molecule has 0 saturated carbocycles. The highest BCUT2D eigenvalue weighted by Crippen LogP contribution is 2.14. The molecule has 1 aromatic heterocycles. The van der Waals surface area contributed by atoms with Gasteiger partial charge >= 0.3 is 0 Å². The molecular formula is C12H9ClOS. The van der Waals surface area contributed by atoms with Crippen LogP contribution in [0.4, 0.5) is 0 Å². The largest absolute Gasteiger partial charge is 0.294 e. The van der Waals surface area contributed by atoms with Crippen LogP contribution in [0.15, 0.2) is 41.8 Å². The predicted octanol–water partition coefficient (Wildman–Crippen LogP) is 3.83. The fourth-order valence-electron chi connectivity index (χ4n) is 1.31. The lowest BCUT2D eigenvalue weighted by molar-refractivity contribution is 0.0994. The van der Waals surface area contributed by atoms with Crippen LogP contribution in [-0.4, -0.2) is 5.78 Å². The smallest absolute Gasteiger partial charge is 0.168 e. The van der Waals surface area contributed by atoms with Crippen molar-refractivity contribution in [1.29, 1.82) is 0 Å². The van der Waals surface area contributed by atoms with Gasteiger partial charge in [-0.05, 0) is 35.7 Å². The number of ketones is 1. The van der Waals surface area contributed by atoms with Crippen molar-refractivity contribution in [3.8, 4) is 0 Å². The highest BCUT2D eigenvalue weighted by Gasteiger charge is 2.07. The fraction of sp³-hybridized carbons (Fsp3) is 0.0833. The molecule has 0 aliphatic rings. The molecule has 0 amide bonds. The van der Waals surface area contributed by atoms with Crippen molar-refractivity contribution in [2.45, 2.75) is 6.42 Å². The van der Waals surface area contributed by atoms with Gasteiger partial charge in [-0.1, -0.05) is 17.7 Å². The number of halogens is 1. The van der Waals surface area contributed by atoms with E-state index in [0.717, 1.165) is 4.88 Å². The maximum Gasteiger partial charge on any atom is 0.168 e. The van der Waals surface area contributed by atoms with Gasteiger partial charge in [0.1, 0.15) is 0 Å². The second-order valence-corrected chi connectivity index (χ2v) is 4.65. The topological polar surface area (TPSA) is 17.1 Å². The summed E-state index contributed by atoms with van der Waals surface area (Å²) in [5, 5.41) is 2.63. The van der Waals surface area contributed by atoms with E-state index < -0.39 is 0 Å². The SMILES string of the molecule is O=C(Cc1cccs1)c1ccc(Cl)cc1. The van der Waals surface area contributed by atoms with Crippen molar-refractivity contribution in [2.24, 2.45) is 0 Å². The maximum absolute atomic E-state index is 11.8. The van der Waals surface area contributed by atoms with E-state index in [1.54, 1.807) is 35.6 Å². The number of thiophene rings is 1. The number of hydrogen-bond acceptors (Lipinski definition) is 2. The molecule has 15 heavy (non-hydrogen) atoms. The number of hydrogen-bond donors (Lipinski definition) is 0. The van der Waals surface area contributed by atoms with Crippen LogP contribution in [0.3, 0.4) is 0 Å². The van der Waals surface area contributed by atoms with E-state index in [2.05, 4.69) is 0 Å². The van der Waals surface area contributed by atoms with Gasteiger partial charge < -0.3 is 0 Å². The Labute approximate surface area is 97.3 Å². The fourth-order valence-corrected chi connectivity index (χ4v) is 2.14. The molecule has 2 aromatic rings. The molecule has 2 rings (SSSR count). The summed E-state index contributed by atoms with van der Waals surface area (Å²) in [7, 11) is 0. The monoisotopic (exact) mass is 236 g/mol. The van der Waals surface area contributed by atoms with Crippen LogP contribution in [0.25, 0.3) is 0 Å². The number of Topliss-reactive ketones (excluding diaryl/α,β-unsaturated/α-hetero) is 1. The van der Waals surface area contributed by atoms with Crippen LogP contribution in [0.5, 0.6) is 0 Å². The number of carbonyl (C=O) groups is 1. The molecular weight excluding hydrogens is 228 g/mol. The van der Waals surface area contributed by atoms with E-state index >= 15 is 0 Å². The molecule has 0 atom stereocenters. The molecule has 0 N–H and O–H groups in total. The molecule has 1 heterocycles. The Balaban J connectivity index is 2.11. The molecule has 76 valence electrons. The minimum atomic E-state index is 0.133. The zero-order valence-corrected chi connectivity index (χ0v) is 9.52. The summed E-state index contributed by atoms with van der Waals surface area (Å²) < 4.78 is 0. The van der Waals surface area contributed by atoms with E-state index in [0.29, 0.717) is 17.0 Å². The minimum Gasteiger partial charge on any atom is -0.294 e. The summed E-state index contributed by atoms with van der Waals surface area (Å²) in [4.78, 5) is 12.9.